The van der Waals surface area contributed by atoms with Crippen LogP contribution in [0.15, 0.2) is 36.4 Å². The highest BCUT2D eigenvalue weighted by Crippen LogP contribution is 2.39. The molecule has 0 radical (unpaired) electrons. The quantitative estimate of drug-likeness (QED) is 0.762. The molecule has 1 aliphatic carbocycles. The van der Waals surface area contributed by atoms with Gasteiger partial charge in [0, 0.05) is 6.04 Å². The highest BCUT2D eigenvalue weighted by Gasteiger charge is 2.25. The molecule has 0 amide bonds. The predicted molar refractivity (Wildman–Crippen MR) is 112 cm³/mol. The zero-order chi connectivity index (χ0) is 18.1. The molecule has 4 rings (SSSR count). The molecule has 0 aromatic heterocycles. The number of benzene rings is 2. The van der Waals surface area contributed by atoms with Gasteiger partial charge >= 0.3 is 0 Å². The normalized spacial score (nSPS) is 24.3. The monoisotopic (exact) mass is 387 g/mol. The van der Waals surface area contributed by atoms with E-state index in [2.05, 4.69) is 50.2 Å². The Morgan fingerprint density at radius 2 is 1.67 bits per heavy atom. The number of aryl methyl sites for hydroxylation is 3. The molecule has 2 aromatic rings. The lowest BCUT2D eigenvalue weighted by Gasteiger charge is -2.30. The van der Waals surface area contributed by atoms with Crippen molar-refractivity contribution < 1.29 is 9.47 Å². The van der Waals surface area contributed by atoms with Gasteiger partial charge in [0.05, 0.1) is 6.10 Å². The molecule has 2 aliphatic rings. The molecule has 1 unspecified atom stereocenters. The molecule has 1 fully saturated rings. The summed E-state index contributed by atoms with van der Waals surface area (Å²) in [6, 6.07) is 13.1. The number of rotatable bonds is 3. The highest BCUT2D eigenvalue weighted by molar-refractivity contribution is 5.85. The summed E-state index contributed by atoms with van der Waals surface area (Å²) in [5.41, 5.74) is 11.2. The van der Waals surface area contributed by atoms with E-state index in [1.165, 1.54) is 22.3 Å². The van der Waals surface area contributed by atoms with E-state index in [4.69, 9.17) is 15.2 Å². The van der Waals surface area contributed by atoms with Gasteiger partial charge in [-0.15, -0.1) is 12.4 Å². The van der Waals surface area contributed by atoms with Gasteiger partial charge in [-0.25, -0.2) is 0 Å². The van der Waals surface area contributed by atoms with Crippen LogP contribution in [-0.2, 0) is 6.42 Å². The van der Waals surface area contributed by atoms with Gasteiger partial charge in [0.25, 0.3) is 0 Å². The number of hydrogen-bond acceptors (Lipinski definition) is 3. The van der Waals surface area contributed by atoms with Crippen LogP contribution in [0.25, 0.3) is 0 Å². The summed E-state index contributed by atoms with van der Waals surface area (Å²) in [5.74, 6) is 1.97. The number of fused-ring (bicyclic) bond motifs is 1. The number of hydrogen-bond donors (Lipinski definition) is 1. The minimum absolute atomic E-state index is 0. The molecule has 27 heavy (non-hydrogen) atoms. The first-order valence-corrected chi connectivity index (χ1v) is 9.88. The van der Waals surface area contributed by atoms with Gasteiger partial charge in [-0.2, -0.15) is 0 Å². The second-order valence-corrected chi connectivity index (χ2v) is 7.87. The summed E-state index contributed by atoms with van der Waals surface area (Å²) in [7, 11) is 0. The van der Waals surface area contributed by atoms with Gasteiger partial charge in [-0.3, -0.25) is 0 Å². The summed E-state index contributed by atoms with van der Waals surface area (Å²) in [4.78, 5) is 0. The number of nitrogens with two attached hydrogens (primary N) is 1. The minimum Gasteiger partial charge on any atom is -0.490 e. The van der Waals surface area contributed by atoms with E-state index in [0.29, 0.717) is 12.1 Å². The summed E-state index contributed by atoms with van der Waals surface area (Å²) >= 11 is 0. The molecule has 0 saturated heterocycles. The highest BCUT2D eigenvalue weighted by atomic mass is 35.5. The molecule has 0 bridgehead atoms. The van der Waals surface area contributed by atoms with Crippen molar-refractivity contribution >= 4 is 12.4 Å². The molecule has 1 saturated carbocycles. The first-order chi connectivity index (χ1) is 12.6. The molecule has 1 atom stereocenters. The van der Waals surface area contributed by atoms with Crippen molar-refractivity contribution in [1.29, 1.82) is 0 Å². The van der Waals surface area contributed by atoms with E-state index in [1.807, 2.05) is 0 Å². The van der Waals surface area contributed by atoms with Gasteiger partial charge in [-0.05, 0) is 92.8 Å². The fourth-order valence-corrected chi connectivity index (χ4v) is 4.38. The van der Waals surface area contributed by atoms with E-state index >= 15 is 0 Å². The van der Waals surface area contributed by atoms with Gasteiger partial charge < -0.3 is 15.2 Å². The van der Waals surface area contributed by atoms with E-state index in [0.717, 1.165) is 50.0 Å². The van der Waals surface area contributed by atoms with E-state index in [-0.39, 0.29) is 18.5 Å². The Morgan fingerprint density at radius 1 is 0.963 bits per heavy atom. The maximum absolute atomic E-state index is 6.37. The Balaban J connectivity index is 0.00000210. The molecule has 4 heteroatoms. The lowest BCUT2D eigenvalue weighted by atomic mass is 9.91. The van der Waals surface area contributed by atoms with Gasteiger partial charge in [-0.1, -0.05) is 18.2 Å². The van der Waals surface area contributed by atoms with Crippen molar-refractivity contribution in [3.05, 3.63) is 58.7 Å². The van der Waals surface area contributed by atoms with Crippen LogP contribution < -0.4 is 15.2 Å². The molecular weight excluding hydrogens is 358 g/mol. The Morgan fingerprint density at radius 3 is 2.37 bits per heavy atom. The van der Waals surface area contributed by atoms with Crippen molar-refractivity contribution in [2.24, 2.45) is 5.73 Å². The first-order valence-electron chi connectivity index (χ1n) is 9.88. The fraction of sp³-hybridized carbons (Fsp3) is 0.478. The average Bonchev–Trinajstić information content (AvgIpc) is 2.63. The molecule has 146 valence electrons. The summed E-state index contributed by atoms with van der Waals surface area (Å²) in [6.07, 6.45) is 6.75. The van der Waals surface area contributed by atoms with Crippen LogP contribution in [-0.4, -0.2) is 12.1 Å². The van der Waals surface area contributed by atoms with Crippen LogP contribution in [0.3, 0.4) is 0 Å². The minimum atomic E-state index is 0. The lowest BCUT2D eigenvalue weighted by Crippen LogP contribution is -2.31. The van der Waals surface area contributed by atoms with Crippen LogP contribution in [0, 0.1) is 13.8 Å². The molecule has 2 aromatic carbocycles. The van der Waals surface area contributed by atoms with Gasteiger partial charge in [0.2, 0.25) is 0 Å². The van der Waals surface area contributed by atoms with E-state index < -0.39 is 0 Å². The van der Waals surface area contributed by atoms with Crippen molar-refractivity contribution in [2.75, 3.05) is 0 Å². The smallest absolute Gasteiger partial charge is 0.125 e. The van der Waals surface area contributed by atoms with Crippen LogP contribution in [0.1, 0.15) is 60.5 Å². The van der Waals surface area contributed by atoms with Crippen molar-refractivity contribution in [3.8, 4) is 11.5 Å². The summed E-state index contributed by atoms with van der Waals surface area (Å²) in [6.45, 7) is 4.35. The Kier molecular flexibility index (Phi) is 6.33. The van der Waals surface area contributed by atoms with Crippen LogP contribution in [0.5, 0.6) is 11.5 Å². The molecule has 2 N–H and O–H groups in total. The Hall–Kier alpha value is -1.71. The third-order valence-electron chi connectivity index (χ3n) is 5.86. The van der Waals surface area contributed by atoms with Gasteiger partial charge in [0.1, 0.15) is 17.6 Å². The van der Waals surface area contributed by atoms with Crippen LogP contribution in [0.4, 0.5) is 0 Å². The maximum Gasteiger partial charge on any atom is 0.125 e. The molecule has 0 spiro atoms. The SMILES string of the molecule is Cc1cccc(C)c1C1CCc2cc(OC3CCC(N)CC3)ccc2O1.Cl. The third-order valence-corrected chi connectivity index (χ3v) is 5.86. The second kappa shape index (κ2) is 8.53. The fourth-order valence-electron chi connectivity index (χ4n) is 4.38. The summed E-state index contributed by atoms with van der Waals surface area (Å²) in [5, 5.41) is 0. The zero-order valence-corrected chi connectivity index (χ0v) is 17.1. The lowest BCUT2D eigenvalue weighted by molar-refractivity contribution is 0.145. The number of halogens is 1. The van der Waals surface area contributed by atoms with Crippen LogP contribution in [0.2, 0.25) is 0 Å². The van der Waals surface area contributed by atoms with E-state index in [9.17, 15) is 0 Å². The molecular formula is C23H30ClNO2. The molecule has 3 nitrogen and oxygen atoms in total. The first kappa shape index (κ1) is 20.0. The van der Waals surface area contributed by atoms with Crippen LogP contribution >= 0.6 is 12.4 Å². The second-order valence-electron chi connectivity index (χ2n) is 7.87. The number of ether oxygens (including phenoxy) is 2. The standard InChI is InChI=1S/C23H29NO2.ClH/c1-15-4-3-5-16(2)23(15)22-12-6-17-14-20(11-13-21(17)26-22)25-19-9-7-18(24)8-10-19;/h3-5,11,13-14,18-19,22H,6-10,12,24H2,1-2H3;1H. The summed E-state index contributed by atoms with van der Waals surface area (Å²) < 4.78 is 12.6. The third kappa shape index (κ3) is 4.41. The average molecular weight is 388 g/mol. The van der Waals surface area contributed by atoms with Crippen molar-refractivity contribution in [3.63, 3.8) is 0 Å². The molecule has 1 heterocycles. The topological polar surface area (TPSA) is 44.5 Å². The van der Waals surface area contributed by atoms with Gasteiger partial charge in [0.15, 0.2) is 0 Å². The molecule has 1 aliphatic heterocycles. The Bertz CT molecular complexity index is 764. The zero-order valence-electron chi connectivity index (χ0n) is 16.2. The Labute approximate surface area is 168 Å². The van der Waals surface area contributed by atoms with Crippen molar-refractivity contribution in [2.45, 2.75) is 70.6 Å². The van der Waals surface area contributed by atoms with Crippen molar-refractivity contribution in [1.82, 2.24) is 0 Å². The van der Waals surface area contributed by atoms with E-state index in [1.54, 1.807) is 0 Å². The largest absolute Gasteiger partial charge is 0.490 e. The predicted octanol–water partition coefficient (Wildman–Crippen LogP) is 5.44. The maximum atomic E-state index is 6.37.